The molecule has 0 N–H and O–H groups in total. The van der Waals surface area contributed by atoms with Gasteiger partial charge < -0.3 is 9.47 Å². The summed E-state index contributed by atoms with van der Waals surface area (Å²) < 4.78 is 12.2. The van der Waals surface area contributed by atoms with Crippen molar-refractivity contribution in [2.24, 2.45) is 0 Å². The third-order valence-corrected chi connectivity index (χ3v) is 6.47. The number of methoxy groups -OCH3 is 1. The molecule has 1 aliphatic rings. The van der Waals surface area contributed by atoms with Crippen LogP contribution in [0.25, 0.3) is 16.6 Å². The van der Waals surface area contributed by atoms with Crippen LogP contribution in [-0.4, -0.2) is 45.9 Å². The fourth-order valence-corrected chi connectivity index (χ4v) is 4.96. The number of nitro benzene ring substituents is 1. The molecule has 10 heteroatoms. The standard InChI is InChI=1S/C19H17N3O5S2/c1-26-16(23)11-29-15-10-13(22(24)25)9-14-17(15)18(19-27-7-8-28-19)20-21(14)12-5-3-2-4-6-12/h2-6,9-10,19H,7-8,11H2,1H3/t19-/m0/s1. The summed E-state index contributed by atoms with van der Waals surface area (Å²) in [4.78, 5) is 23.4. The minimum atomic E-state index is -0.440. The van der Waals surface area contributed by atoms with Crippen LogP contribution < -0.4 is 0 Å². The normalized spacial score (nSPS) is 16.2. The smallest absolute Gasteiger partial charge is 0.315 e. The van der Waals surface area contributed by atoms with Crippen LogP contribution in [0, 0.1) is 10.1 Å². The SMILES string of the molecule is COC(=O)CSc1cc([N+](=O)[O-])cc2c1c([C@H]1OCCS1)nn2-c1ccccc1. The van der Waals surface area contributed by atoms with Gasteiger partial charge in [0.25, 0.3) is 5.69 Å². The van der Waals surface area contributed by atoms with Crippen LogP contribution in [0.3, 0.4) is 0 Å². The maximum Gasteiger partial charge on any atom is 0.315 e. The first kappa shape index (κ1) is 19.7. The average molecular weight is 431 g/mol. The molecule has 0 aliphatic carbocycles. The van der Waals surface area contributed by atoms with Crippen LogP contribution in [0.5, 0.6) is 0 Å². The Labute approximate surface area is 174 Å². The zero-order chi connectivity index (χ0) is 20.4. The molecule has 0 spiro atoms. The molecule has 0 amide bonds. The fourth-order valence-electron chi connectivity index (χ4n) is 3.08. The number of thioether (sulfide) groups is 2. The Balaban J connectivity index is 1.95. The van der Waals surface area contributed by atoms with Crippen LogP contribution >= 0.6 is 23.5 Å². The van der Waals surface area contributed by atoms with Gasteiger partial charge in [-0.05, 0) is 12.1 Å². The molecule has 1 atom stereocenters. The second-order valence-electron chi connectivity index (χ2n) is 6.17. The molecule has 3 aromatic rings. The van der Waals surface area contributed by atoms with Crippen molar-refractivity contribution in [1.82, 2.24) is 9.78 Å². The van der Waals surface area contributed by atoms with Gasteiger partial charge in [0.1, 0.15) is 11.1 Å². The topological polar surface area (TPSA) is 96.5 Å². The number of hydrogen-bond donors (Lipinski definition) is 0. The lowest BCUT2D eigenvalue weighted by atomic mass is 10.2. The number of aromatic nitrogens is 2. The highest BCUT2D eigenvalue weighted by Gasteiger charge is 2.29. The Morgan fingerprint density at radius 2 is 2.21 bits per heavy atom. The molecule has 150 valence electrons. The van der Waals surface area contributed by atoms with Gasteiger partial charge in [-0.2, -0.15) is 5.10 Å². The number of para-hydroxylation sites is 1. The Kier molecular flexibility index (Phi) is 5.74. The van der Waals surface area contributed by atoms with E-state index in [2.05, 4.69) is 0 Å². The lowest BCUT2D eigenvalue weighted by Crippen LogP contribution is -2.03. The third kappa shape index (κ3) is 3.96. The molecule has 4 rings (SSSR count). The monoisotopic (exact) mass is 431 g/mol. The molecule has 0 radical (unpaired) electrons. The van der Waals surface area contributed by atoms with Gasteiger partial charge in [-0.1, -0.05) is 18.2 Å². The Hall–Kier alpha value is -2.56. The summed E-state index contributed by atoms with van der Waals surface area (Å²) in [6.07, 6.45) is 0. The van der Waals surface area contributed by atoms with Crippen LogP contribution in [0.2, 0.25) is 0 Å². The Bertz CT molecular complexity index is 1060. The molecule has 0 saturated carbocycles. The van der Waals surface area contributed by atoms with Crippen molar-refractivity contribution in [2.45, 2.75) is 10.3 Å². The van der Waals surface area contributed by atoms with Crippen LogP contribution in [0.15, 0.2) is 47.4 Å². The van der Waals surface area contributed by atoms with Gasteiger partial charge in [-0.25, -0.2) is 4.68 Å². The minimum absolute atomic E-state index is 0.0430. The summed E-state index contributed by atoms with van der Waals surface area (Å²) in [6.45, 7) is 0.618. The number of rotatable bonds is 6. The van der Waals surface area contributed by atoms with Crippen molar-refractivity contribution in [3.05, 3.63) is 58.3 Å². The summed E-state index contributed by atoms with van der Waals surface area (Å²) in [5, 5.41) is 17.1. The Morgan fingerprint density at radius 3 is 2.86 bits per heavy atom. The fraction of sp³-hybridized carbons (Fsp3) is 0.263. The maximum absolute atomic E-state index is 11.7. The van der Waals surface area contributed by atoms with E-state index in [0.717, 1.165) is 16.8 Å². The minimum Gasteiger partial charge on any atom is -0.468 e. The molecule has 2 aromatic carbocycles. The van der Waals surface area contributed by atoms with E-state index in [0.29, 0.717) is 22.7 Å². The van der Waals surface area contributed by atoms with Gasteiger partial charge in [0.05, 0.1) is 35.6 Å². The van der Waals surface area contributed by atoms with E-state index in [9.17, 15) is 14.9 Å². The Morgan fingerprint density at radius 1 is 1.41 bits per heavy atom. The van der Waals surface area contributed by atoms with E-state index < -0.39 is 10.9 Å². The number of non-ortho nitro benzene ring substituents is 1. The number of ether oxygens (including phenoxy) is 2. The first-order chi connectivity index (χ1) is 14.1. The molecule has 1 aromatic heterocycles. The predicted molar refractivity (Wildman–Crippen MR) is 112 cm³/mol. The summed E-state index contributed by atoms with van der Waals surface area (Å²) in [6, 6.07) is 12.4. The number of esters is 1. The van der Waals surface area contributed by atoms with Crippen molar-refractivity contribution in [2.75, 3.05) is 25.2 Å². The van der Waals surface area contributed by atoms with Crippen molar-refractivity contribution in [3.63, 3.8) is 0 Å². The lowest BCUT2D eigenvalue weighted by Gasteiger charge is -2.08. The maximum atomic E-state index is 11.7. The second-order valence-corrected chi connectivity index (χ2v) is 8.35. The number of hydrogen-bond acceptors (Lipinski definition) is 8. The first-order valence-corrected chi connectivity index (χ1v) is 10.8. The van der Waals surface area contributed by atoms with Gasteiger partial charge in [0.2, 0.25) is 0 Å². The van der Waals surface area contributed by atoms with E-state index in [1.165, 1.54) is 31.0 Å². The van der Waals surface area contributed by atoms with Gasteiger partial charge in [0.15, 0.2) is 0 Å². The van der Waals surface area contributed by atoms with Crippen molar-refractivity contribution < 1.29 is 19.2 Å². The number of benzene rings is 2. The largest absolute Gasteiger partial charge is 0.468 e. The zero-order valence-electron chi connectivity index (χ0n) is 15.4. The number of fused-ring (bicyclic) bond motifs is 1. The first-order valence-electron chi connectivity index (χ1n) is 8.78. The highest BCUT2D eigenvalue weighted by molar-refractivity contribution is 8.00. The molecule has 29 heavy (non-hydrogen) atoms. The zero-order valence-corrected chi connectivity index (χ0v) is 17.1. The highest BCUT2D eigenvalue weighted by atomic mass is 32.2. The quantitative estimate of drug-likeness (QED) is 0.250. The summed E-state index contributed by atoms with van der Waals surface area (Å²) >= 11 is 2.83. The number of nitrogens with zero attached hydrogens (tertiary/aromatic N) is 3. The molecule has 0 unspecified atom stereocenters. The predicted octanol–water partition coefficient (Wildman–Crippen LogP) is 3.96. The van der Waals surface area contributed by atoms with E-state index in [4.69, 9.17) is 14.6 Å². The van der Waals surface area contributed by atoms with Gasteiger partial charge in [-0.3, -0.25) is 14.9 Å². The molecular formula is C19H17N3O5S2. The van der Waals surface area contributed by atoms with E-state index in [1.54, 1.807) is 16.4 Å². The molecular weight excluding hydrogens is 414 g/mol. The number of nitro groups is 1. The van der Waals surface area contributed by atoms with Crippen molar-refractivity contribution in [3.8, 4) is 5.69 Å². The van der Waals surface area contributed by atoms with E-state index in [-0.39, 0.29) is 16.9 Å². The van der Waals surface area contributed by atoms with Crippen molar-refractivity contribution >= 4 is 46.1 Å². The number of carbonyl (C=O) groups is 1. The molecule has 2 heterocycles. The van der Waals surface area contributed by atoms with Crippen LogP contribution in [0.4, 0.5) is 5.69 Å². The lowest BCUT2D eigenvalue weighted by molar-refractivity contribution is -0.384. The molecule has 0 bridgehead atoms. The molecule has 1 saturated heterocycles. The summed E-state index contributed by atoms with van der Waals surface area (Å²) in [5.74, 6) is 0.488. The molecule has 8 nitrogen and oxygen atoms in total. The summed E-state index contributed by atoms with van der Waals surface area (Å²) in [5.41, 5.74) is 1.77. The molecule has 1 fully saturated rings. The van der Waals surface area contributed by atoms with Crippen LogP contribution in [-0.2, 0) is 14.3 Å². The summed E-state index contributed by atoms with van der Waals surface area (Å²) in [7, 11) is 1.31. The van der Waals surface area contributed by atoms with E-state index >= 15 is 0 Å². The van der Waals surface area contributed by atoms with Gasteiger partial charge >= 0.3 is 5.97 Å². The average Bonchev–Trinajstić information content (AvgIpc) is 3.40. The van der Waals surface area contributed by atoms with Gasteiger partial charge in [0, 0.05) is 28.2 Å². The molecule has 1 aliphatic heterocycles. The van der Waals surface area contributed by atoms with E-state index in [1.807, 2.05) is 30.3 Å². The number of carbonyl (C=O) groups excluding carboxylic acids is 1. The highest BCUT2D eigenvalue weighted by Crippen LogP contribution is 2.43. The van der Waals surface area contributed by atoms with Crippen LogP contribution in [0.1, 0.15) is 11.1 Å². The second kappa shape index (κ2) is 8.44. The van der Waals surface area contributed by atoms with Crippen molar-refractivity contribution in [1.29, 1.82) is 0 Å². The van der Waals surface area contributed by atoms with Gasteiger partial charge in [-0.15, -0.1) is 23.5 Å². The third-order valence-electron chi connectivity index (χ3n) is 4.39.